The Kier molecular flexibility index (Phi) is 8.06. The van der Waals surface area contributed by atoms with Crippen molar-refractivity contribution in [1.29, 1.82) is 0 Å². The van der Waals surface area contributed by atoms with Crippen molar-refractivity contribution in [3.8, 4) is 0 Å². The highest BCUT2D eigenvalue weighted by atomic mass is 16.5. The van der Waals surface area contributed by atoms with Crippen LogP contribution in [-0.4, -0.2) is 5.97 Å². The Morgan fingerprint density at radius 1 is 1.27 bits per heavy atom. The van der Waals surface area contributed by atoms with E-state index in [0.29, 0.717) is 5.92 Å². The van der Waals surface area contributed by atoms with Gasteiger partial charge in [0.15, 0.2) is 0 Å². The van der Waals surface area contributed by atoms with Crippen molar-refractivity contribution in [2.75, 3.05) is 0 Å². The lowest BCUT2D eigenvalue weighted by Crippen LogP contribution is -2.00. The minimum absolute atomic E-state index is 0.229. The van der Waals surface area contributed by atoms with Crippen LogP contribution in [0.1, 0.15) is 59.8 Å². The summed E-state index contributed by atoms with van der Waals surface area (Å²) in [5.41, 5.74) is 0. The van der Waals surface area contributed by atoms with Gasteiger partial charge in [-0.3, -0.25) is 4.79 Å². The highest BCUT2D eigenvalue weighted by Crippen LogP contribution is 2.17. The summed E-state index contributed by atoms with van der Waals surface area (Å²) in [4.78, 5) is 10.7. The van der Waals surface area contributed by atoms with E-state index in [1.54, 1.807) is 0 Å². The Bertz CT molecular complexity index is 207. The van der Waals surface area contributed by atoms with Crippen LogP contribution in [0.5, 0.6) is 0 Å². The molecule has 0 unspecified atom stereocenters. The van der Waals surface area contributed by atoms with Crippen LogP contribution in [-0.2, 0) is 9.53 Å². The molecule has 0 bridgehead atoms. The molecule has 0 aromatic heterocycles. The van der Waals surface area contributed by atoms with Gasteiger partial charge >= 0.3 is 5.97 Å². The first-order chi connectivity index (χ1) is 7.10. The molecule has 0 aromatic rings. The van der Waals surface area contributed by atoms with Gasteiger partial charge in [-0.15, -0.1) is 0 Å². The second-order valence-electron chi connectivity index (χ2n) is 4.04. The molecule has 0 rings (SSSR count). The lowest BCUT2D eigenvalue weighted by molar-refractivity contribution is -0.136. The van der Waals surface area contributed by atoms with E-state index >= 15 is 0 Å². The Morgan fingerprint density at radius 3 is 2.40 bits per heavy atom. The van der Waals surface area contributed by atoms with E-state index in [2.05, 4.69) is 19.9 Å². The van der Waals surface area contributed by atoms with Gasteiger partial charge in [-0.2, -0.15) is 0 Å². The monoisotopic (exact) mass is 212 g/mol. The molecule has 0 aromatic carbocycles. The molecule has 0 N–H and O–H groups in total. The molecule has 2 heteroatoms. The summed E-state index contributed by atoms with van der Waals surface area (Å²) in [7, 11) is 0. The summed E-state index contributed by atoms with van der Waals surface area (Å²) >= 11 is 0. The van der Waals surface area contributed by atoms with Gasteiger partial charge in [0.25, 0.3) is 0 Å². The average Bonchev–Trinajstić information content (AvgIpc) is 2.15. The summed E-state index contributed by atoms with van der Waals surface area (Å²) in [5, 5.41) is 0. The molecule has 0 saturated carbocycles. The van der Waals surface area contributed by atoms with Crippen molar-refractivity contribution in [2.45, 2.75) is 59.8 Å². The number of esters is 1. The molecule has 0 spiro atoms. The van der Waals surface area contributed by atoms with Crippen molar-refractivity contribution in [2.24, 2.45) is 5.92 Å². The fourth-order valence-corrected chi connectivity index (χ4v) is 1.65. The van der Waals surface area contributed by atoms with Gasteiger partial charge in [0.1, 0.15) is 5.76 Å². The number of hydrogen-bond acceptors (Lipinski definition) is 2. The van der Waals surface area contributed by atoms with Crippen LogP contribution in [0.15, 0.2) is 11.8 Å². The van der Waals surface area contributed by atoms with Gasteiger partial charge in [-0.05, 0) is 31.8 Å². The fourth-order valence-electron chi connectivity index (χ4n) is 1.65. The molecule has 1 atom stereocenters. The number of carbonyl (C=O) groups excluding carboxylic acids is 1. The smallest absolute Gasteiger partial charge is 0.307 e. The van der Waals surface area contributed by atoms with Crippen LogP contribution in [0.2, 0.25) is 0 Å². The number of hydrogen-bond donors (Lipinski definition) is 0. The first-order valence-corrected chi connectivity index (χ1v) is 5.97. The zero-order chi connectivity index (χ0) is 11.7. The SMILES string of the molecule is CCCCC[C@H](/C=C(/C)OC(C)=O)CC. The minimum atomic E-state index is -0.229. The van der Waals surface area contributed by atoms with E-state index < -0.39 is 0 Å². The maximum Gasteiger partial charge on any atom is 0.307 e. The molecule has 88 valence electrons. The Morgan fingerprint density at radius 2 is 1.93 bits per heavy atom. The molecular formula is C13H24O2. The number of allylic oxidation sites excluding steroid dienone is 2. The summed E-state index contributed by atoms with van der Waals surface area (Å²) in [6, 6.07) is 0. The van der Waals surface area contributed by atoms with Crippen molar-refractivity contribution < 1.29 is 9.53 Å². The standard InChI is InChI=1S/C13H24O2/c1-5-7-8-9-13(6-2)10-11(3)15-12(4)14/h10,13H,5-9H2,1-4H3/b11-10-/t13-/m1/s1. The Hall–Kier alpha value is -0.790. The maximum atomic E-state index is 10.7. The largest absolute Gasteiger partial charge is 0.432 e. The average molecular weight is 212 g/mol. The zero-order valence-corrected chi connectivity index (χ0v) is 10.5. The van der Waals surface area contributed by atoms with Crippen LogP contribution >= 0.6 is 0 Å². The van der Waals surface area contributed by atoms with E-state index in [0.717, 1.165) is 12.2 Å². The number of unbranched alkanes of at least 4 members (excludes halogenated alkanes) is 2. The predicted molar refractivity (Wildman–Crippen MR) is 63.4 cm³/mol. The predicted octanol–water partition coefficient (Wildman–Crippen LogP) is 4.06. The Balaban J connectivity index is 3.99. The highest BCUT2D eigenvalue weighted by Gasteiger charge is 2.04. The molecule has 0 amide bonds. The lowest BCUT2D eigenvalue weighted by atomic mass is 9.98. The fraction of sp³-hybridized carbons (Fsp3) is 0.769. The molecule has 0 radical (unpaired) electrons. The van der Waals surface area contributed by atoms with Crippen molar-refractivity contribution in [1.82, 2.24) is 0 Å². The van der Waals surface area contributed by atoms with E-state index in [-0.39, 0.29) is 5.97 Å². The van der Waals surface area contributed by atoms with Crippen molar-refractivity contribution in [3.63, 3.8) is 0 Å². The maximum absolute atomic E-state index is 10.7. The first-order valence-electron chi connectivity index (χ1n) is 5.97. The summed E-state index contributed by atoms with van der Waals surface area (Å²) in [6.45, 7) is 7.67. The molecular weight excluding hydrogens is 188 g/mol. The van der Waals surface area contributed by atoms with Crippen LogP contribution in [0.25, 0.3) is 0 Å². The minimum Gasteiger partial charge on any atom is -0.432 e. The van der Waals surface area contributed by atoms with Crippen LogP contribution in [0.4, 0.5) is 0 Å². The highest BCUT2D eigenvalue weighted by molar-refractivity contribution is 5.67. The quantitative estimate of drug-likeness (QED) is 0.361. The third-order valence-electron chi connectivity index (χ3n) is 2.48. The Labute approximate surface area is 93.7 Å². The second-order valence-corrected chi connectivity index (χ2v) is 4.04. The molecule has 2 nitrogen and oxygen atoms in total. The number of carbonyl (C=O) groups is 1. The number of ether oxygens (including phenoxy) is 1. The molecule has 0 heterocycles. The molecule has 0 aliphatic heterocycles. The van der Waals surface area contributed by atoms with Gasteiger partial charge in [0.2, 0.25) is 0 Å². The second kappa shape index (κ2) is 8.51. The normalized spacial score (nSPS) is 13.7. The first kappa shape index (κ1) is 14.2. The molecule has 0 aliphatic carbocycles. The van der Waals surface area contributed by atoms with E-state index in [4.69, 9.17) is 4.74 Å². The van der Waals surface area contributed by atoms with E-state index in [9.17, 15) is 4.79 Å². The summed E-state index contributed by atoms with van der Waals surface area (Å²) in [5.74, 6) is 1.06. The molecule has 0 fully saturated rings. The summed E-state index contributed by atoms with van der Waals surface area (Å²) in [6.07, 6.45) is 8.20. The third-order valence-corrected chi connectivity index (χ3v) is 2.48. The molecule has 0 saturated heterocycles. The molecule has 15 heavy (non-hydrogen) atoms. The van der Waals surface area contributed by atoms with Gasteiger partial charge in [0.05, 0.1) is 0 Å². The third kappa shape index (κ3) is 8.22. The van der Waals surface area contributed by atoms with Crippen molar-refractivity contribution >= 4 is 5.97 Å². The number of rotatable bonds is 7. The van der Waals surface area contributed by atoms with Gasteiger partial charge < -0.3 is 4.74 Å². The van der Waals surface area contributed by atoms with Crippen LogP contribution < -0.4 is 0 Å². The summed E-state index contributed by atoms with van der Waals surface area (Å²) < 4.78 is 5.01. The van der Waals surface area contributed by atoms with Crippen LogP contribution in [0.3, 0.4) is 0 Å². The molecule has 0 aliphatic rings. The van der Waals surface area contributed by atoms with Crippen LogP contribution in [0, 0.1) is 5.92 Å². The van der Waals surface area contributed by atoms with E-state index in [1.807, 2.05) is 6.92 Å². The van der Waals surface area contributed by atoms with Crippen molar-refractivity contribution in [3.05, 3.63) is 11.8 Å². The lowest BCUT2D eigenvalue weighted by Gasteiger charge is -2.11. The van der Waals surface area contributed by atoms with Gasteiger partial charge in [-0.1, -0.05) is 33.1 Å². The van der Waals surface area contributed by atoms with Gasteiger partial charge in [-0.25, -0.2) is 0 Å². The topological polar surface area (TPSA) is 26.3 Å². The zero-order valence-electron chi connectivity index (χ0n) is 10.5. The van der Waals surface area contributed by atoms with Gasteiger partial charge in [0, 0.05) is 6.92 Å². The van der Waals surface area contributed by atoms with E-state index in [1.165, 1.54) is 32.6 Å².